The second-order valence-electron chi connectivity index (χ2n) is 6.81. The lowest BCUT2D eigenvalue weighted by Gasteiger charge is -2.17. The molecule has 8 heteroatoms. The average Bonchev–Trinajstić information content (AvgIpc) is 3.17. The van der Waals surface area contributed by atoms with Gasteiger partial charge in [0.2, 0.25) is 11.9 Å². The summed E-state index contributed by atoms with van der Waals surface area (Å²) in [7, 11) is 0. The van der Waals surface area contributed by atoms with E-state index in [0.717, 1.165) is 22.4 Å². The number of anilines is 3. The first-order chi connectivity index (χ1) is 14.1. The molecule has 3 aromatic rings. The smallest absolute Gasteiger partial charge is 0.324 e. The van der Waals surface area contributed by atoms with Gasteiger partial charge < -0.3 is 10.2 Å². The van der Waals surface area contributed by atoms with Crippen molar-refractivity contribution in [1.82, 2.24) is 14.3 Å². The molecule has 0 unspecified atom stereocenters. The maximum absolute atomic E-state index is 12.5. The molecule has 0 saturated carbocycles. The molecule has 29 heavy (non-hydrogen) atoms. The van der Waals surface area contributed by atoms with Crippen LogP contribution in [0.25, 0.3) is 0 Å². The van der Waals surface area contributed by atoms with Crippen molar-refractivity contribution in [2.45, 2.75) is 26.4 Å². The quantitative estimate of drug-likeness (QED) is 0.670. The lowest BCUT2D eigenvalue weighted by Crippen LogP contribution is -2.44. The first-order valence-corrected chi connectivity index (χ1v) is 9.50. The van der Waals surface area contributed by atoms with Crippen LogP contribution in [0, 0.1) is 0 Å². The third kappa shape index (κ3) is 3.69. The number of aryl methyl sites for hydroxylation is 1. The lowest BCUT2D eigenvalue weighted by atomic mass is 10.1. The minimum Gasteiger partial charge on any atom is -0.324 e. The first-order valence-electron chi connectivity index (χ1n) is 9.50. The molecule has 0 radical (unpaired) electrons. The molecule has 0 saturated heterocycles. The van der Waals surface area contributed by atoms with E-state index >= 15 is 0 Å². The molecule has 0 fully saturated rings. The molecule has 1 aromatic heterocycles. The Kier molecular flexibility index (Phi) is 4.99. The molecule has 0 spiro atoms. The Labute approximate surface area is 167 Å². The molecular formula is C21H21N5O3. The Balaban J connectivity index is 1.59. The summed E-state index contributed by atoms with van der Waals surface area (Å²) in [6, 6.07) is 17.0. The van der Waals surface area contributed by atoms with E-state index in [1.807, 2.05) is 59.5 Å². The number of carbonyl (C=O) groups is 1. The Morgan fingerprint density at radius 2 is 1.72 bits per heavy atom. The van der Waals surface area contributed by atoms with Crippen molar-refractivity contribution in [2.75, 3.05) is 16.8 Å². The van der Waals surface area contributed by atoms with E-state index in [4.69, 9.17) is 0 Å². The number of fused-ring (bicyclic) bond motifs is 1. The Morgan fingerprint density at radius 3 is 2.41 bits per heavy atom. The largest absolute Gasteiger partial charge is 0.333 e. The summed E-state index contributed by atoms with van der Waals surface area (Å²) < 4.78 is 2.29. The topological polar surface area (TPSA) is 89.2 Å². The number of rotatable bonds is 5. The minimum absolute atomic E-state index is 0.333. The highest BCUT2D eigenvalue weighted by Gasteiger charge is 2.26. The zero-order chi connectivity index (χ0) is 20.4. The number of nitrogens with zero attached hydrogens (tertiary/aromatic N) is 4. The number of benzene rings is 2. The molecule has 4 rings (SSSR count). The van der Waals surface area contributed by atoms with Gasteiger partial charge in [-0.25, -0.2) is 4.68 Å². The summed E-state index contributed by atoms with van der Waals surface area (Å²) in [6.07, 6.45) is 0.907. The summed E-state index contributed by atoms with van der Waals surface area (Å²) in [6.45, 7) is 2.63. The number of hydrogen-bond acceptors (Lipinski definition) is 5. The minimum atomic E-state index is -0.805. The van der Waals surface area contributed by atoms with Crippen molar-refractivity contribution in [3.63, 3.8) is 0 Å². The van der Waals surface area contributed by atoms with Gasteiger partial charge in [0.15, 0.2) is 0 Å². The molecule has 1 amide bonds. The zero-order valence-electron chi connectivity index (χ0n) is 16.0. The summed E-state index contributed by atoms with van der Waals surface area (Å²) in [5, 5.41) is 7.05. The van der Waals surface area contributed by atoms with Crippen LogP contribution in [0.5, 0.6) is 0 Å². The third-order valence-electron chi connectivity index (χ3n) is 4.91. The molecule has 2 heterocycles. The lowest BCUT2D eigenvalue weighted by molar-refractivity contribution is -0.117. The second kappa shape index (κ2) is 7.75. The van der Waals surface area contributed by atoms with Crippen LogP contribution in [-0.2, 0) is 24.3 Å². The van der Waals surface area contributed by atoms with Gasteiger partial charge in [0, 0.05) is 24.5 Å². The van der Waals surface area contributed by atoms with Crippen LogP contribution >= 0.6 is 0 Å². The Morgan fingerprint density at radius 1 is 1.00 bits per heavy atom. The maximum atomic E-state index is 12.5. The van der Waals surface area contributed by atoms with Crippen molar-refractivity contribution in [2.24, 2.45) is 0 Å². The molecular weight excluding hydrogens is 370 g/mol. The Bertz CT molecular complexity index is 1150. The fraction of sp³-hybridized carbons (Fsp3) is 0.238. The molecule has 1 N–H and O–H groups in total. The van der Waals surface area contributed by atoms with Gasteiger partial charge in [-0.1, -0.05) is 37.3 Å². The van der Waals surface area contributed by atoms with Crippen molar-refractivity contribution in [3.8, 4) is 0 Å². The second-order valence-corrected chi connectivity index (χ2v) is 6.81. The van der Waals surface area contributed by atoms with E-state index in [2.05, 4.69) is 17.3 Å². The van der Waals surface area contributed by atoms with Crippen LogP contribution in [0.1, 0.15) is 12.5 Å². The number of nitrogens with one attached hydrogen (secondary N) is 1. The molecule has 0 aliphatic carbocycles. The van der Waals surface area contributed by atoms with E-state index in [1.165, 1.54) is 4.57 Å². The fourth-order valence-electron chi connectivity index (χ4n) is 3.35. The number of hydrogen-bond donors (Lipinski definition) is 1. The van der Waals surface area contributed by atoms with Gasteiger partial charge in [-0.15, -0.1) is 5.10 Å². The highest BCUT2D eigenvalue weighted by molar-refractivity contribution is 5.90. The summed E-state index contributed by atoms with van der Waals surface area (Å²) >= 11 is 0. The highest BCUT2D eigenvalue weighted by atomic mass is 16.2. The fourth-order valence-corrected chi connectivity index (χ4v) is 3.35. The molecule has 0 bridgehead atoms. The van der Waals surface area contributed by atoms with E-state index in [-0.39, 0.29) is 6.54 Å². The third-order valence-corrected chi connectivity index (χ3v) is 4.91. The average molecular weight is 391 g/mol. The van der Waals surface area contributed by atoms with E-state index in [0.29, 0.717) is 24.7 Å². The molecule has 148 valence electrons. The van der Waals surface area contributed by atoms with Crippen LogP contribution in [0.15, 0.2) is 64.2 Å². The van der Waals surface area contributed by atoms with Crippen molar-refractivity contribution < 1.29 is 4.79 Å². The van der Waals surface area contributed by atoms with Gasteiger partial charge in [-0.2, -0.15) is 0 Å². The van der Waals surface area contributed by atoms with Crippen molar-refractivity contribution in [3.05, 3.63) is 80.9 Å². The number of carbonyl (C=O) groups excluding carboxylic acids is 1. The van der Waals surface area contributed by atoms with Gasteiger partial charge in [0.25, 0.3) is 0 Å². The van der Waals surface area contributed by atoms with E-state index < -0.39 is 17.0 Å². The molecule has 1 aliphatic rings. The number of amides is 1. The molecule has 0 atom stereocenters. The highest BCUT2D eigenvalue weighted by Crippen LogP contribution is 2.25. The molecule has 1 aliphatic heterocycles. The number of aromatic nitrogens is 3. The zero-order valence-corrected chi connectivity index (χ0v) is 16.0. The van der Waals surface area contributed by atoms with E-state index in [9.17, 15) is 14.4 Å². The van der Waals surface area contributed by atoms with Crippen LogP contribution in [0.3, 0.4) is 0 Å². The predicted molar refractivity (Wildman–Crippen MR) is 111 cm³/mol. The van der Waals surface area contributed by atoms with E-state index in [1.54, 1.807) is 0 Å². The summed E-state index contributed by atoms with van der Waals surface area (Å²) in [5.41, 5.74) is 1.18. The maximum Gasteiger partial charge on any atom is 0.333 e. The van der Waals surface area contributed by atoms with Crippen molar-refractivity contribution in [1.29, 1.82) is 0 Å². The van der Waals surface area contributed by atoms with Crippen molar-refractivity contribution >= 4 is 23.2 Å². The predicted octanol–water partition coefficient (Wildman–Crippen LogP) is 1.76. The van der Waals surface area contributed by atoms with Gasteiger partial charge >= 0.3 is 11.1 Å². The molecule has 8 nitrogen and oxygen atoms in total. The Hall–Kier alpha value is -3.68. The summed E-state index contributed by atoms with van der Waals surface area (Å²) in [4.78, 5) is 39.2. The van der Waals surface area contributed by atoms with Gasteiger partial charge in [0.05, 0.1) is 0 Å². The standard InChI is InChI=1S/C21H21N5O3/c1-2-15-8-10-16(11-9-15)22-18(27)14-26-20(29)19(28)25-13-12-24(21(25)23-26)17-6-4-3-5-7-17/h3-11H,2,12-14H2,1H3,(H,22,27). The number of para-hydroxylation sites is 1. The van der Waals surface area contributed by atoms with Crippen LogP contribution in [0.4, 0.5) is 17.3 Å². The van der Waals surface area contributed by atoms with Crippen LogP contribution in [0.2, 0.25) is 0 Å². The first kappa shape index (κ1) is 18.7. The van der Waals surface area contributed by atoms with Crippen LogP contribution < -0.4 is 21.3 Å². The van der Waals surface area contributed by atoms with Crippen LogP contribution in [-0.4, -0.2) is 26.8 Å². The summed E-state index contributed by atoms with van der Waals surface area (Å²) in [5.74, 6) is -0.0571. The van der Waals surface area contributed by atoms with Gasteiger partial charge in [-0.05, 0) is 36.2 Å². The normalized spacial score (nSPS) is 12.7. The monoisotopic (exact) mass is 391 g/mol. The van der Waals surface area contributed by atoms with Gasteiger partial charge in [-0.3, -0.25) is 19.0 Å². The SMILES string of the molecule is CCc1ccc(NC(=O)Cn2nc3n(c(=O)c2=O)CCN3c2ccccc2)cc1. The molecule has 2 aromatic carbocycles. The van der Waals surface area contributed by atoms with Gasteiger partial charge in [0.1, 0.15) is 6.54 Å².